The highest BCUT2D eigenvalue weighted by molar-refractivity contribution is 6.42. The van der Waals surface area contributed by atoms with E-state index in [1.165, 1.54) is 19.2 Å². The first-order chi connectivity index (χ1) is 10.4. The number of halogens is 3. The highest BCUT2D eigenvalue weighted by atomic mass is 35.5. The van der Waals surface area contributed by atoms with Crippen LogP contribution in [-0.4, -0.2) is 13.1 Å². The molecule has 0 aliphatic rings. The molecule has 7 heteroatoms. The number of nitrogens with two attached hydrogens (primary N) is 1. The predicted octanol–water partition coefficient (Wildman–Crippen LogP) is 4.59. The van der Waals surface area contributed by atoms with Gasteiger partial charge in [0.2, 0.25) is 0 Å². The van der Waals surface area contributed by atoms with Gasteiger partial charge in [0.1, 0.15) is 17.9 Å². The summed E-state index contributed by atoms with van der Waals surface area (Å²) in [7, 11) is 1.43. The summed E-state index contributed by atoms with van der Waals surface area (Å²) in [4.78, 5) is 12.2. The summed E-state index contributed by atoms with van der Waals surface area (Å²) < 4.78 is 10.3. The van der Waals surface area contributed by atoms with Gasteiger partial charge in [0, 0.05) is 6.07 Å². The van der Waals surface area contributed by atoms with Crippen LogP contribution < -0.4 is 10.5 Å². The third-order valence-electron chi connectivity index (χ3n) is 2.89. The molecule has 0 aromatic heterocycles. The number of hydrogen-bond donors (Lipinski definition) is 1. The Morgan fingerprint density at radius 2 is 1.82 bits per heavy atom. The van der Waals surface area contributed by atoms with E-state index in [2.05, 4.69) is 0 Å². The maximum absolute atomic E-state index is 12.2. The van der Waals surface area contributed by atoms with E-state index < -0.39 is 5.97 Å². The Bertz CT molecular complexity index is 719. The number of carbonyl (C=O) groups is 1. The van der Waals surface area contributed by atoms with Crippen LogP contribution in [0.15, 0.2) is 30.3 Å². The second-order valence-corrected chi connectivity index (χ2v) is 5.62. The Hall–Kier alpha value is -1.62. The number of carbonyl (C=O) groups excluding carboxylic acids is 1. The van der Waals surface area contributed by atoms with Gasteiger partial charge in [0.15, 0.2) is 0 Å². The Morgan fingerprint density at radius 3 is 2.45 bits per heavy atom. The van der Waals surface area contributed by atoms with E-state index in [1.54, 1.807) is 18.2 Å². The second-order valence-electron chi connectivity index (χ2n) is 4.40. The second kappa shape index (κ2) is 7.09. The van der Waals surface area contributed by atoms with Gasteiger partial charge in [-0.2, -0.15) is 0 Å². The molecule has 0 saturated heterocycles. The molecule has 2 rings (SSSR count). The molecule has 0 atom stereocenters. The molecule has 22 heavy (non-hydrogen) atoms. The molecule has 2 aromatic carbocycles. The van der Waals surface area contributed by atoms with Gasteiger partial charge in [-0.05, 0) is 23.8 Å². The minimum atomic E-state index is -0.579. The SMILES string of the molecule is COc1cc(N)c(Cl)cc1C(=O)OCc1ccc(Cl)c(Cl)c1. The van der Waals surface area contributed by atoms with Crippen LogP contribution in [0.5, 0.6) is 5.75 Å². The molecule has 2 aromatic rings. The smallest absolute Gasteiger partial charge is 0.342 e. The van der Waals surface area contributed by atoms with E-state index in [1.807, 2.05) is 0 Å². The Balaban J connectivity index is 2.15. The van der Waals surface area contributed by atoms with Gasteiger partial charge in [-0.1, -0.05) is 40.9 Å². The standard InChI is InChI=1S/C15H12Cl3NO3/c1-21-14-6-13(19)12(18)5-9(14)15(20)22-7-8-2-3-10(16)11(17)4-8/h2-6H,7,19H2,1H3. The number of rotatable bonds is 4. The van der Waals surface area contributed by atoms with E-state index in [4.69, 9.17) is 50.0 Å². The lowest BCUT2D eigenvalue weighted by Gasteiger charge is -2.11. The topological polar surface area (TPSA) is 61.5 Å². The van der Waals surface area contributed by atoms with Crippen molar-refractivity contribution in [2.45, 2.75) is 6.61 Å². The Labute approximate surface area is 142 Å². The molecule has 0 fully saturated rings. The minimum absolute atomic E-state index is 0.0425. The number of benzene rings is 2. The van der Waals surface area contributed by atoms with Gasteiger partial charge in [0.25, 0.3) is 0 Å². The van der Waals surface area contributed by atoms with Crippen LogP contribution in [-0.2, 0) is 11.3 Å². The number of hydrogen-bond acceptors (Lipinski definition) is 4. The van der Waals surface area contributed by atoms with Crippen LogP contribution in [0.3, 0.4) is 0 Å². The van der Waals surface area contributed by atoms with Crippen molar-refractivity contribution in [1.29, 1.82) is 0 Å². The molecule has 2 N–H and O–H groups in total. The Morgan fingerprint density at radius 1 is 1.09 bits per heavy atom. The monoisotopic (exact) mass is 359 g/mol. The van der Waals surface area contributed by atoms with Crippen LogP contribution in [0.2, 0.25) is 15.1 Å². The minimum Gasteiger partial charge on any atom is -0.496 e. The van der Waals surface area contributed by atoms with Gasteiger partial charge < -0.3 is 15.2 Å². The van der Waals surface area contributed by atoms with Crippen LogP contribution >= 0.6 is 34.8 Å². The third-order valence-corrected chi connectivity index (χ3v) is 3.96. The van der Waals surface area contributed by atoms with Crippen molar-refractivity contribution in [2.24, 2.45) is 0 Å². The lowest BCUT2D eigenvalue weighted by Crippen LogP contribution is -2.08. The van der Waals surface area contributed by atoms with Crippen molar-refractivity contribution in [3.05, 3.63) is 56.5 Å². The maximum Gasteiger partial charge on any atom is 0.342 e. The zero-order chi connectivity index (χ0) is 16.3. The highest BCUT2D eigenvalue weighted by Crippen LogP contribution is 2.29. The lowest BCUT2D eigenvalue weighted by atomic mass is 10.2. The average Bonchev–Trinajstić information content (AvgIpc) is 2.50. The Kier molecular flexibility index (Phi) is 5.40. The summed E-state index contributed by atoms with van der Waals surface area (Å²) in [5.74, 6) is -0.286. The molecule has 0 bridgehead atoms. The number of ether oxygens (including phenoxy) is 2. The maximum atomic E-state index is 12.2. The van der Waals surface area contributed by atoms with Crippen LogP contribution in [0.1, 0.15) is 15.9 Å². The average molecular weight is 361 g/mol. The van der Waals surface area contributed by atoms with E-state index in [0.29, 0.717) is 27.0 Å². The summed E-state index contributed by atoms with van der Waals surface area (Å²) in [6.07, 6.45) is 0. The number of methoxy groups -OCH3 is 1. The molecule has 0 aliphatic carbocycles. The third kappa shape index (κ3) is 3.77. The van der Waals surface area contributed by atoms with Gasteiger partial charge in [-0.25, -0.2) is 4.79 Å². The van der Waals surface area contributed by atoms with Crippen molar-refractivity contribution in [2.75, 3.05) is 12.8 Å². The number of anilines is 1. The molecule has 116 valence electrons. The zero-order valence-corrected chi connectivity index (χ0v) is 13.8. The molecule has 4 nitrogen and oxygen atoms in total. The molecule has 0 unspecified atom stereocenters. The fourth-order valence-corrected chi connectivity index (χ4v) is 2.24. The van der Waals surface area contributed by atoms with Gasteiger partial charge in [-0.3, -0.25) is 0 Å². The van der Waals surface area contributed by atoms with Gasteiger partial charge in [-0.15, -0.1) is 0 Å². The van der Waals surface area contributed by atoms with Crippen molar-refractivity contribution in [3.63, 3.8) is 0 Å². The molecule has 0 amide bonds. The first-order valence-electron chi connectivity index (χ1n) is 6.16. The molecule has 0 spiro atoms. The van der Waals surface area contributed by atoms with Crippen LogP contribution in [0.25, 0.3) is 0 Å². The first kappa shape index (κ1) is 16.7. The summed E-state index contributed by atoms with van der Waals surface area (Å²) in [5.41, 5.74) is 6.90. The fraction of sp³-hybridized carbons (Fsp3) is 0.133. The summed E-state index contributed by atoms with van der Waals surface area (Å²) in [6, 6.07) is 7.86. The molecule has 0 aliphatic heterocycles. The summed E-state index contributed by atoms with van der Waals surface area (Å²) >= 11 is 17.7. The van der Waals surface area contributed by atoms with E-state index in [0.717, 1.165) is 0 Å². The van der Waals surface area contributed by atoms with Crippen LogP contribution in [0.4, 0.5) is 5.69 Å². The first-order valence-corrected chi connectivity index (χ1v) is 7.30. The molecule has 0 radical (unpaired) electrons. The van der Waals surface area contributed by atoms with Crippen molar-refractivity contribution >= 4 is 46.5 Å². The fourth-order valence-electron chi connectivity index (χ4n) is 1.75. The highest BCUT2D eigenvalue weighted by Gasteiger charge is 2.16. The molecule has 0 heterocycles. The van der Waals surface area contributed by atoms with Crippen LogP contribution in [0, 0.1) is 0 Å². The molecule has 0 saturated carbocycles. The van der Waals surface area contributed by atoms with Crippen molar-refractivity contribution < 1.29 is 14.3 Å². The van der Waals surface area contributed by atoms with Crippen molar-refractivity contribution in [1.82, 2.24) is 0 Å². The van der Waals surface area contributed by atoms with E-state index in [-0.39, 0.29) is 17.2 Å². The summed E-state index contributed by atoms with van der Waals surface area (Å²) in [6.45, 7) is 0.0425. The summed E-state index contributed by atoms with van der Waals surface area (Å²) in [5, 5.41) is 1.08. The van der Waals surface area contributed by atoms with E-state index in [9.17, 15) is 4.79 Å². The van der Waals surface area contributed by atoms with E-state index >= 15 is 0 Å². The van der Waals surface area contributed by atoms with Crippen molar-refractivity contribution in [3.8, 4) is 5.75 Å². The number of nitrogen functional groups attached to an aromatic ring is 1. The quantitative estimate of drug-likeness (QED) is 0.639. The molecular formula is C15H12Cl3NO3. The predicted molar refractivity (Wildman–Crippen MR) is 88.0 cm³/mol. The van der Waals surface area contributed by atoms with Gasteiger partial charge in [0.05, 0.1) is 27.9 Å². The van der Waals surface area contributed by atoms with Gasteiger partial charge >= 0.3 is 5.97 Å². The normalized spacial score (nSPS) is 10.4. The number of esters is 1. The largest absolute Gasteiger partial charge is 0.496 e. The zero-order valence-electron chi connectivity index (χ0n) is 11.5. The lowest BCUT2D eigenvalue weighted by molar-refractivity contribution is 0.0469. The molecular weight excluding hydrogens is 349 g/mol.